The molecule has 0 aliphatic carbocycles. The molecular weight excluding hydrogens is 815 g/mol. The highest BCUT2D eigenvalue weighted by atomic mass is 16.6. The molecule has 1 aromatic carbocycles. The minimum Gasteiger partial charge on any atom is -0.382 e. The molecule has 2 aliphatic heterocycles. The maximum Gasteiger partial charge on any atom is 0.243 e. The Balaban J connectivity index is 1.62. The Labute approximate surface area is 374 Å². The topological polar surface area (TPSA) is 220 Å². The number of rotatable bonds is 32. The molecule has 18 nitrogen and oxygen atoms in total. The summed E-state index contributed by atoms with van der Waals surface area (Å²) < 4.78 is 32.4. The van der Waals surface area contributed by atoms with E-state index in [0.717, 1.165) is 5.56 Å². The minimum atomic E-state index is -0.999. The molecule has 18 heteroatoms. The third-order valence-corrected chi connectivity index (χ3v) is 10.5. The first-order chi connectivity index (χ1) is 30.2. The number of morpholine rings is 1. The van der Waals surface area contributed by atoms with Gasteiger partial charge in [0.25, 0.3) is 0 Å². The third-order valence-electron chi connectivity index (χ3n) is 10.5. The number of methoxy groups -OCH3 is 1. The molecule has 0 saturated carbocycles. The number of carbonyl (C=O) groups is 5. The van der Waals surface area contributed by atoms with Gasteiger partial charge < -0.3 is 49.7 Å². The Morgan fingerprint density at radius 2 is 1.30 bits per heavy atom. The van der Waals surface area contributed by atoms with Gasteiger partial charge >= 0.3 is 0 Å². The molecule has 5 N–H and O–H groups in total. The smallest absolute Gasteiger partial charge is 0.243 e. The van der Waals surface area contributed by atoms with Crippen LogP contribution in [0.3, 0.4) is 0 Å². The van der Waals surface area contributed by atoms with Gasteiger partial charge in [0.15, 0.2) is 0 Å². The van der Waals surface area contributed by atoms with Crippen LogP contribution in [0.5, 0.6) is 0 Å². The van der Waals surface area contributed by atoms with Crippen molar-refractivity contribution in [2.75, 3.05) is 92.8 Å². The van der Waals surface area contributed by atoms with Crippen LogP contribution in [0.2, 0.25) is 0 Å². The van der Waals surface area contributed by atoms with Gasteiger partial charge in [0.1, 0.15) is 23.7 Å². The van der Waals surface area contributed by atoms with Crippen LogP contribution in [0.25, 0.3) is 0 Å². The molecule has 0 aromatic heterocycles. The second-order valence-corrected chi connectivity index (χ2v) is 17.1. The molecule has 2 saturated heterocycles. The number of hydrogen-bond donors (Lipinski definition) is 5. The summed E-state index contributed by atoms with van der Waals surface area (Å²) >= 11 is 0. The van der Waals surface area contributed by atoms with Crippen LogP contribution >= 0.6 is 0 Å². The number of nitrogens with zero attached hydrogens (tertiary/aromatic N) is 2. The maximum absolute atomic E-state index is 14.0. The summed E-state index contributed by atoms with van der Waals surface area (Å²) in [6, 6.07) is 6.20. The summed E-state index contributed by atoms with van der Waals surface area (Å²) in [5.41, 5.74) is 3.28. The summed E-state index contributed by atoms with van der Waals surface area (Å²) in [6.45, 7) is 17.0. The number of hydrogen-bond acceptors (Lipinski definition) is 13. The van der Waals surface area contributed by atoms with Gasteiger partial charge in [-0.05, 0) is 63.4 Å². The Morgan fingerprint density at radius 3 is 1.90 bits per heavy atom. The van der Waals surface area contributed by atoms with Gasteiger partial charge in [0.05, 0.1) is 90.8 Å². The lowest BCUT2D eigenvalue weighted by molar-refractivity contribution is -0.134. The highest BCUT2D eigenvalue weighted by Crippen LogP contribution is 2.31. The van der Waals surface area contributed by atoms with Gasteiger partial charge in [0.2, 0.25) is 29.5 Å². The Kier molecular flexibility index (Phi) is 24.9. The van der Waals surface area contributed by atoms with E-state index in [-0.39, 0.29) is 43.2 Å². The number of epoxide rings is 1. The van der Waals surface area contributed by atoms with Crippen LogP contribution in [0, 0.1) is 11.8 Å². The molecule has 356 valence electrons. The van der Waals surface area contributed by atoms with Crippen molar-refractivity contribution < 1.29 is 52.4 Å². The zero-order valence-electron chi connectivity index (χ0n) is 38.7. The molecule has 1 aromatic rings. The lowest BCUT2D eigenvalue weighted by Gasteiger charge is -2.28. The second kappa shape index (κ2) is 29.4. The first-order valence-electron chi connectivity index (χ1n) is 22.5. The summed E-state index contributed by atoms with van der Waals surface area (Å²) in [6.07, 6.45) is 2.35. The number of nitrogens with one attached hydrogen (secondary N) is 5. The summed E-state index contributed by atoms with van der Waals surface area (Å²) in [5.74, 6) is -1.77. The first kappa shape index (κ1) is 53.3. The fourth-order valence-corrected chi connectivity index (χ4v) is 6.70. The molecule has 2 fully saturated rings. The molecule has 2 aliphatic rings. The molecule has 0 radical (unpaired) electrons. The number of hydrazone groups is 1. The SMILES string of the molecule is COCCOCCOCCOCCC(=O)N/N=C(/[C@H](CC(C)C)NC(=O)[C@H](C)NC(=O)[C@H](CCC(C)C)NC(=O)[C@H](CCc1ccccc1)NC(=O)CN1CCOCC1)[C@@]1(C)CO1. The number of aryl methyl sites for hydroxylation is 1. The summed E-state index contributed by atoms with van der Waals surface area (Å²) in [4.78, 5) is 69.7. The molecule has 5 atom stereocenters. The predicted molar refractivity (Wildman–Crippen MR) is 238 cm³/mol. The van der Waals surface area contributed by atoms with Crippen molar-refractivity contribution in [1.29, 1.82) is 0 Å². The average molecular weight is 890 g/mol. The fraction of sp³-hybridized carbons (Fsp3) is 0.733. The molecule has 5 amide bonds. The predicted octanol–water partition coefficient (Wildman–Crippen LogP) is 1.74. The van der Waals surface area contributed by atoms with Crippen LogP contribution in [-0.4, -0.2) is 163 Å². The Hall–Kier alpha value is -4.04. The molecule has 0 bridgehead atoms. The van der Waals surface area contributed by atoms with E-state index in [2.05, 4.69) is 31.8 Å². The van der Waals surface area contributed by atoms with Crippen LogP contribution in [0.15, 0.2) is 35.4 Å². The molecule has 0 unspecified atom stereocenters. The summed E-state index contributed by atoms with van der Waals surface area (Å²) in [7, 11) is 1.61. The lowest BCUT2D eigenvalue weighted by atomic mass is 9.92. The van der Waals surface area contributed by atoms with Crippen molar-refractivity contribution in [1.82, 2.24) is 31.6 Å². The van der Waals surface area contributed by atoms with Gasteiger partial charge in [-0.3, -0.25) is 28.9 Å². The van der Waals surface area contributed by atoms with Crippen LogP contribution in [-0.2, 0) is 58.8 Å². The minimum absolute atomic E-state index is 0.0574. The number of carbonyl (C=O) groups excluding carboxylic acids is 5. The van der Waals surface area contributed by atoms with Gasteiger partial charge in [-0.1, -0.05) is 58.0 Å². The van der Waals surface area contributed by atoms with Gasteiger partial charge in [-0.2, -0.15) is 5.10 Å². The molecule has 0 spiro atoms. The van der Waals surface area contributed by atoms with Crippen molar-refractivity contribution in [3.05, 3.63) is 35.9 Å². The molecule has 3 rings (SSSR count). The molecule has 2 heterocycles. The molecular formula is C45H75N7O11. The van der Waals surface area contributed by atoms with Gasteiger partial charge in [0, 0.05) is 20.2 Å². The Bertz CT molecular complexity index is 1550. The van der Waals surface area contributed by atoms with Gasteiger partial charge in [-0.15, -0.1) is 0 Å². The average Bonchev–Trinajstić information content (AvgIpc) is 4.00. The van der Waals surface area contributed by atoms with E-state index in [4.69, 9.17) is 28.4 Å². The van der Waals surface area contributed by atoms with E-state index in [1.54, 1.807) is 14.0 Å². The van der Waals surface area contributed by atoms with Crippen LogP contribution < -0.4 is 26.7 Å². The van der Waals surface area contributed by atoms with E-state index < -0.39 is 47.5 Å². The van der Waals surface area contributed by atoms with Crippen molar-refractivity contribution in [3.63, 3.8) is 0 Å². The normalized spacial score (nSPS) is 18.6. The van der Waals surface area contributed by atoms with Crippen molar-refractivity contribution in [3.8, 4) is 0 Å². The van der Waals surface area contributed by atoms with Crippen LogP contribution in [0.1, 0.15) is 79.2 Å². The maximum atomic E-state index is 14.0. The quantitative estimate of drug-likeness (QED) is 0.0303. The first-order valence-corrected chi connectivity index (χ1v) is 22.5. The van der Waals surface area contributed by atoms with Crippen molar-refractivity contribution in [2.24, 2.45) is 16.9 Å². The van der Waals surface area contributed by atoms with Crippen molar-refractivity contribution in [2.45, 2.75) is 110 Å². The van der Waals surface area contributed by atoms with E-state index in [9.17, 15) is 24.0 Å². The molecule has 63 heavy (non-hydrogen) atoms. The van der Waals surface area contributed by atoms with Gasteiger partial charge in [-0.25, -0.2) is 5.43 Å². The van der Waals surface area contributed by atoms with Crippen LogP contribution in [0.4, 0.5) is 0 Å². The third kappa shape index (κ3) is 21.9. The van der Waals surface area contributed by atoms with Crippen molar-refractivity contribution >= 4 is 35.2 Å². The Morgan fingerprint density at radius 1 is 0.714 bits per heavy atom. The fourth-order valence-electron chi connectivity index (χ4n) is 6.70. The standard InChI is InChI=1S/C45H75N7O11/c1-32(2)13-15-37(48-44(57)36(16-14-35-11-9-8-10-12-35)47-40(54)30-52-18-21-60-22-19-52)43(56)46-34(5)42(55)49-38(29-33(3)4)41(45(6)31-63-45)51-50-39(53)17-20-59-25-26-62-28-27-61-24-23-58-7/h8-12,32-34,36-38H,13-31H2,1-7H3,(H,46,56)(H,47,54)(H,48,57)(H,49,55)(H,50,53)/b51-41-/t34-,36-,37-,38-,45+/m0/s1. The number of benzene rings is 1. The van der Waals surface area contributed by atoms with E-state index in [1.165, 1.54) is 0 Å². The zero-order chi connectivity index (χ0) is 46.0. The van der Waals surface area contributed by atoms with E-state index in [0.29, 0.717) is 110 Å². The second-order valence-electron chi connectivity index (χ2n) is 17.1. The lowest BCUT2D eigenvalue weighted by Crippen LogP contribution is -2.58. The summed E-state index contributed by atoms with van der Waals surface area (Å²) in [5, 5.41) is 16.1. The monoisotopic (exact) mass is 890 g/mol. The zero-order valence-corrected chi connectivity index (χ0v) is 38.7. The highest BCUT2D eigenvalue weighted by molar-refractivity contribution is 6.02. The largest absolute Gasteiger partial charge is 0.382 e. The van der Waals surface area contributed by atoms with E-state index in [1.807, 2.05) is 69.9 Å². The number of amides is 5. The van der Waals surface area contributed by atoms with E-state index >= 15 is 0 Å². The number of ether oxygens (including phenoxy) is 6. The highest BCUT2D eigenvalue weighted by Gasteiger charge is 2.48.